The molecule has 0 aliphatic carbocycles. The molecule has 5 heteroatoms. The Balaban J connectivity index is 2.26. The number of aliphatic hydroxyl groups excluding tert-OH is 1. The Morgan fingerprint density at radius 3 is 2.18 bits per heavy atom. The number of benzene rings is 2. The van der Waals surface area contributed by atoms with Crippen LogP contribution in [0.5, 0.6) is 0 Å². The number of nitrogens with zero attached hydrogens (tertiary/aromatic N) is 2. The summed E-state index contributed by atoms with van der Waals surface area (Å²) in [5, 5.41) is 9.96. The summed E-state index contributed by atoms with van der Waals surface area (Å²) in [6, 6.07) is 19.9. The highest BCUT2D eigenvalue weighted by atomic mass is 16.5. The van der Waals surface area contributed by atoms with Crippen molar-refractivity contribution < 1.29 is 14.6 Å². The Hall–Kier alpha value is -2.92. The van der Waals surface area contributed by atoms with Crippen molar-refractivity contribution in [2.75, 3.05) is 13.2 Å². The summed E-state index contributed by atoms with van der Waals surface area (Å²) in [7, 11) is 0. The average molecular weight is 378 g/mol. The molecule has 0 aliphatic rings. The van der Waals surface area contributed by atoms with Gasteiger partial charge in [-0.25, -0.2) is 4.98 Å². The smallest absolute Gasteiger partial charge is 0.318 e. The van der Waals surface area contributed by atoms with Gasteiger partial charge in [-0.1, -0.05) is 67.6 Å². The Labute approximate surface area is 165 Å². The second-order valence-corrected chi connectivity index (χ2v) is 6.54. The number of hydrogen-bond acceptors (Lipinski definition) is 4. The molecule has 3 rings (SSSR count). The van der Waals surface area contributed by atoms with Crippen LogP contribution in [0, 0.1) is 0 Å². The normalized spacial score (nSPS) is 12.0. The van der Waals surface area contributed by atoms with Crippen LogP contribution in [0.1, 0.15) is 32.0 Å². The Morgan fingerprint density at radius 1 is 1.04 bits per heavy atom. The highest BCUT2D eigenvalue weighted by Crippen LogP contribution is 2.35. The number of carbonyl (C=O) groups excluding carboxylic acids is 1. The van der Waals surface area contributed by atoms with Crippen LogP contribution in [-0.4, -0.2) is 33.8 Å². The second-order valence-electron chi connectivity index (χ2n) is 6.54. The van der Waals surface area contributed by atoms with E-state index in [-0.39, 0.29) is 13.2 Å². The van der Waals surface area contributed by atoms with Gasteiger partial charge in [-0.05, 0) is 13.3 Å². The van der Waals surface area contributed by atoms with Crippen LogP contribution in [0.2, 0.25) is 0 Å². The molecule has 3 aromatic rings. The summed E-state index contributed by atoms with van der Waals surface area (Å²) in [6.45, 7) is 4.45. The first kappa shape index (κ1) is 19.8. The van der Waals surface area contributed by atoms with Crippen molar-refractivity contribution in [2.45, 2.75) is 32.7 Å². The zero-order valence-corrected chi connectivity index (χ0v) is 16.3. The molecule has 1 unspecified atom stereocenters. The second kappa shape index (κ2) is 9.33. The molecule has 0 saturated heterocycles. The van der Waals surface area contributed by atoms with Gasteiger partial charge in [0.25, 0.3) is 0 Å². The van der Waals surface area contributed by atoms with E-state index in [9.17, 15) is 9.90 Å². The average Bonchev–Trinajstić information content (AvgIpc) is 3.09. The third kappa shape index (κ3) is 3.99. The fourth-order valence-corrected chi connectivity index (χ4v) is 3.38. The van der Waals surface area contributed by atoms with Gasteiger partial charge in [0, 0.05) is 17.7 Å². The monoisotopic (exact) mass is 378 g/mol. The van der Waals surface area contributed by atoms with Crippen molar-refractivity contribution in [3.8, 4) is 22.5 Å². The van der Waals surface area contributed by atoms with E-state index in [1.54, 1.807) is 6.92 Å². The highest BCUT2D eigenvalue weighted by molar-refractivity contribution is 5.82. The van der Waals surface area contributed by atoms with Crippen LogP contribution < -0.4 is 0 Å². The van der Waals surface area contributed by atoms with Crippen LogP contribution in [0.4, 0.5) is 0 Å². The Morgan fingerprint density at radius 2 is 1.64 bits per heavy atom. The van der Waals surface area contributed by atoms with Crippen LogP contribution >= 0.6 is 0 Å². The summed E-state index contributed by atoms with van der Waals surface area (Å²) in [4.78, 5) is 17.3. The zero-order valence-electron chi connectivity index (χ0n) is 16.3. The van der Waals surface area contributed by atoms with Crippen LogP contribution in [0.25, 0.3) is 22.5 Å². The molecular weight excluding hydrogens is 352 g/mol. The van der Waals surface area contributed by atoms with E-state index in [4.69, 9.17) is 9.72 Å². The summed E-state index contributed by atoms with van der Waals surface area (Å²) in [6.07, 6.45) is 0.873. The van der Waals surface area contributed by atoms with E-state index in [1.165, 1.54) is 0 Å². The van der Waals surface area contributed by atoms with Gasteiger partial charge in [0.05, 0.1) is 24.6 Å². The first-order valence-electron chi connectivity index (χ1n) is 9.69. The van der Waals surface area contributed by atoms with Crippen molar-refractivity contribution in [1.29, 1.82) is 0 Å². The van der Waals surface area contributed by atoms with E-state index in [2.05, 4.69) is 11.5 Å². The van der Waals surface area contributed by atoms with E-state index in [0.717, 1.165) is 28.9 Å². The number of hydrogen-bond donors (Lipinski definition) is 1. The van der Waals surface area contributed by atoms with Gasteiger partial charge in [-0.15, -0.1) is 0 Å². The van der Waals surface area contributed by atoms with Crippen molar-refractivity contribution in [1.82, 2.24) is 9.55 Å². The number of esters is 1. The molecule has 146 valence electrons. The lowest BCUT2D eigenvalue weighted by molar-refractivity contribution is -0.146. The molecule has 0 amide bonds. The number of ether oxygens (including phenoxy) is 1. The molecule has 1 aromatic heterocycles. The fraction of sp³-hybridized carbons (Fsp3) is 0.304. The number of aliphatic hydroxyl groups is 1. The molecule has 1 atom stereocenters. The third-order valence-electron chi connectivity index (χ3n) is 4.60. The molecule has 0 aliphatic heterocycles. The fourth-order valence-electron chi connectivity index (χ4n) is 3.38. The summed E-state index contributed by atoms with van der Waals surface area (Å²) in [5.41, 5.74) is 3.75. The van der Waals surface area contributed by atoms with Crippen LogP contribution in [0.3, 0.4) is 0 Å². The Bertz CT molecular complexity index is 904. The maximum absolute atomic E-state index is 12.5. The van der Waals surface area contributed by atoms with E-state index in [0.29, 0.717) is 12.4 Å². The quantitative estimate of drug-likeness (QED) is 0.595. The largest absolute Gasteiger partial charge is 0.465 e. The van der Waals surface area contributed by atoms with Crippen molar-refractivity contribution >= 4 is 5.97 Å². The third-order valence-corrected chi connectivity index (χ3v) is 4.60. The zero-order chi connectivity index (χ0) is 19.9. The van der Waals surface area contributed by atoms with E-state index in [1.807, 2.05) is 60.7 Å². The predicted octanol–water partition coefficient (Wildman–Crippen LogP) is 4.27. The summed E-state index contributed by atoms with van der Waals surface area (Å²) in [5.74, 6) is -0.724. The molecule has 0 saturated carbocycles. The topological polar surface area (TPSA) is 64.4 Å². The minimum Gasteiger partial charge on any atom is -0.465 e. The molecule has 0 radical (unpaired) electrons. The minimum absolute atomic E-state index is 0.265. The maximum atomic E-state index is 12.5. The van der Waals surface area contributed by atoms with Gasteiger partial charge < -0.3 is 14.4 Å². The van der Waals surface area contributed by atoms with Crippen LogP contribution in [-0.2, 0) is 16.1 Å². The number of aromatic nitrogens is 2. The van der Waals surface area contributed by atoms with Crippen molar-refractivity contribution in [3.05, 3.63) is 66.5 Å². The molecule has 5 nitrogen and oxygen atoms in total. The number of carbonyl (C=O) groups is 1. The lowest BCUT2D eigenvalue weighted by Crippen LogP contribution is -2.23. The maximum Gasteiger partial charge on any atom is 0.318 e. The van der Waals surface area contributed by atoms with Gasteiger partial charge in [-0.3, -0.25) is 4.79 Å². The minimum atomic E-state index is -0.813. The molecule has 28 heavy (non-hydrogen) atoms. The SMILES string of the molecule is CCCn1c(C(CO)C(=O)OCC)nc(-c2ccccc2)c1-c1ccccc1. The van der Waals surface area contributed by atoms with E-state index >= 15 is 0 Å². The van der Waals surface area contributed by atoms with Gasteiger partial charge in [0.2, 0.25) is 0 Å². The number of rotatable bonds is 8. The van der Waals surface area contributed by atoms with Crippen molar-refractivity contribution in [3.63, 3.8) is 0 Å². The van der Waals surface area contributed by atoms with Gasteiger partial charge in [0.15, 0.2) is 0 Å². The van der Waals surface area contributed by atoms with Gasteiger partial charge in [0.1, 0.15) is 11.7 Å². The molecule has 1 N–H and O–H groups in total. The highest BCUT2D eigenvalue weighted by Gasteiger charge is 2.30. The Kier molecular flexibility index (Phi) is 6.61. The molecule has 1 heterocycles. The molecular formula is C23H26N2O3. The van der Waals surface area contributed by atoms with Crippen molar-refractivity contribution in [2.24, 2.45) is 0 Å². The summed E-state index contributed by atoms with van der Waals surface area (Å²) < 4.78 is 7.24. The van der Waals surface area contributed by atoms with Gasteiger partial charge in [-0.2, -0.15) is 0 Å². The summed E-state index contributed by atoms with van der Waals surface area (Å²) >= 11 is 0. The molecule has 0 spiro atoms. The van der Waals surface area contributed by atoms with Gasteiger partial charge >= 0.3 is 5.97 Å². The first-order chi connectivity index (χ1) is 13.7. The molecule has 0 fully saturated rings. The first-order valence-corrected chi connectivity index (χ1v) is 9.69. The molecule has 2 aromatic carbocycles. The van der Waals surface area contributed by atoms with Crippen LogP contribution in [0.15, 0.2) is 60.7 Å². The number of imidazole rings is 1. The predicted molar refractivity (Wildman–Crippen MR) is 110 cm³/mol. The van der Waals surface area contributed by atoms with E-state index < -0.39 is 11.9 Å². The standard InChI is InChI=1S/C23H26N2O3/c1-3-15-25-21(18-13-9-6-10-14-18)20(17-11-7-5-8-12-17)24-22(25)19(16-26)23(27)28-4-2/h5-14,19,26H,3-4,15-16H2,1-2H3. The molecule has 0 bridgehead atoms. The lowest BCUT2D eigenvalue weighted by atomic mass is 10.0. The lowest BCUT2D eigenvalue weighted by Gasteiger charge is -2.16.